The van der Waals surface area contributed by atoms with E-state index in [4.69, 9.17) is 4.74 Å². The van der Waals surface area contributed by atoms with E-state index < -0.39 is 0 Å². The fourth-order valence-corrected chi connectivity index (χ4v) is 0.791. The molecule has 0 saturated carbocycles. The molecule has 1 aromatic rings. The van der Waals surface area contributed by atoms with E-state index in [0.717, 1.165) is 11.7 Å². The fourth-order valence-electron chi connectivity index (χ4n) is 0.791. The highest BCUT2D eigenvalue weighted by molar-refractivity contribution is 5.25. The average molecular weight is 135 g/mol. The molecule has 0 spiro atoms. The van der Waals surface area contributed by atoms with Crippen LogP contribution in [0.4, 0.5) is 0 Å². The lowest BCUT2D eigenvalue weighted by Crippen LogP contribution is -1.95. The second-order valence-corrected chi connectivity index (χ2v) is 2.13. The molecule has 0 saturated heterocycles. The van der Waals surface area contributed by atoms with E-state index in [9.17, 15) is 0 Å². The van der Waals surface area contributed by atoms with Crippen LogP contribution in [0.1, 0.15) is 12.5 Å². The molecule has 10 heavy (non-hydrogen) atoms. The monoisotopic (exact) mass is 135 g/mol. The maximum Gasteiger partial charge on any atom is 0.123 e. The van der Waals surface area contributed by atoms with E-state index in [-0.39, 0.29) is 0 Å². The van der Waals surface area contributed by atoms with Crippen LogP contribution in [0.3, 0.4) is 0 Å². The van der Waals surface area contributed by atoms with Crippen molar-refractivity contribution in [1.82, 2.24) is 0 Å². The van der Waals surface area contributed by atoms with Gasteiger partial charge in [0, 0.05) is 7.11 Å². The largest absolute Gasteiger partial charge is 0.370 e. The summed E-state index contributed by atoms with van der Waals surface area (Å²) in [5.41, 5.74) is 1.14. The Hall–Kier alpha value is -0.820. The van der Waals surface area contributed by atoms with Crippen LogP contribution in [0.15, 0.2) is 30.3 Å². The van der Waals surface area contributed by atoms with Gasteiger partial charge in [-0.1, -0.05) is 30.3 Å². The summed E-state index contributed by atoms with van der Waals surface area (Å²) >= 11 is 0. The number of hydrogen-bond acceptors (Lipinski definition) is 1. The van der Waals surface area contributed by atoms with Crippen LogP contribution in [-0.4, -0.2) is 7.11 Å². The third-order valence-corrected chi connectivity index (χ3v) is 1.49. The Bertz CT molecular complexity index is 181. The maximum absolute atomic E-state index is 5.05. The molecule has 1 nitrogen and oxygen atoms in total. The van der Waals surface area contributed by atoms with E-state index in [1.807, 2.05) is 37.3 Å². The normalized spacial score (nSPS) is 10.3. The molecule has 0 bridgehead atoms. The first-order valence-electron chi connectivity index (χ1n) is 3.27. The summed E-state index contributed by atoms with van der Waals surface area (Å²) in [6.45, 7) is 1.95. The van der Waals surface area contributed by atoms with Crippen molar-refractivity contribution in [1.29, 1.82) is 0 Å². The molecule has 0 aliphatic heterocycles. The van der Waals surface area contributed by atoms with Crippen molar-refractivity contribution in [2.45, 2.75) is 6.92 Å². The Labute approximate surface area is 61.6 Å². The van der Waals surface area contributed by atoms with Gasteiger partial charge in [-0.25, -0.2) is 0 Å². The summed E-state index contributed by atoms with van der Waals surface area (Å²) in [4.78, 5) is 0. The molecular formula is C9H11O. The fraction of sp³-hybridized carbons (Fsp3) is 0.222. The van der Waals surface area contributed by atoms with Crippen LogP contribution in [-0.2, 0) is 4.74 Å². The van der Waals surface area contributed by atoms with Gasteiger partial charge in [0.05, 0.1) is 0 Å². The molecule has 53 valence electrons. The van der Waals surface area contributed by atoms with E-state index in [0.29, 0.717) is 0 Å². The van der Waals surface area contributed by atoms with Crippen molar-refractivity contribution in [3.63, 3.8) is 0 Å². The predicted molar refractivity (Wildman–Crippen MR) is 41.5 cm³/mol. The van der Waals surface area contributed by atoms with Crippen molar-refractivity contribution in [2.24, 2.45) is 0 Å². The van der Waals surface area contributed by atoms with Gasteiger partial charge in [-0.3, -0.25) is 0 Å². The molecule has 0 amide bonds. The number of methoxy groups -OCH3 is 1. The zero-order valence-corrected chi connectivity index (χ0v) is 6.29. The van der Waals surface area contributed by atoms with Crippen LogP contribution in [0.2, 0.25) is 0 Å². The molecule has 1 heteroatoms. The molecule has 0 aliphatic rings. The standard InChI is InChI=1S/C9H11O/c1-8(10-2)9-6-4-3-5-7-9/h3-7H,1-2H3. The minimum atomic E-state index is 0.959. The van der Waals surface area contributed by atoms with Crippen molar-refractivity contribution >= 4 is 0 Å². The lowest BCUT2D eigenvalue weighted by Gasteiger charge is -2.06. The van der Waals surface area contributed by atoms with E-state index in [2.05, 4.69) is 0 Å². The van der Waals surface area contributed by atoms with Crippen molar-refractivity contribution in [2.75, 3.05) is 7.11 Å². The van der Waals surface area contributed by atoms with Gasteiger partial charge in [0.25, 0.3) is 0 Å². The van der Waals surface area contributed by atoms with Crippen LogP contribution >= 0.6 is 0 Å². The summed E-state index contributed by atoms with van der Waals surface area (Å²) in [7, 11) is 1.68. The number of rotatable bonds is 2. The molecule has 0 aliphatic carbocycles. The van der Waals surface area contributed by atoms with Gasteiger partial charge in [0.15, 0.2) is 0 Å². The predicted octanol–water partition coefficient (Wildman–Crippen LogP) is 2.23. The molecule has 1 radical (unpaired) electrons. The summed E-state index contributed by atoms with van der Waals surface area (Å²) in [6.07, 6.45) is 0.959. The topological polar surface area (TPSA) is 9.23 Å². The van der Waals surface area contributed by atoms with Crippen LogP contribution in [0, 0.1) is 6.10 Å². The zero-order valence-electron chi connectivity index (χ0n) is 6.29. The summed E-state index contributed by atoms with van der Waals surface area (Å²) < 4.78 is 5.05. The smallest absolute Gasteiger partial charge is 0.123 e. The number of hydrogen-bond donors (Lipinski definition) is 0. The van der Waals surface area contributed by atoms with Gasteiger partial charge in [0.1, 0.15) is 6.10 Å². The molecule has 1 aromatic carbocycles. The van der Waals surface area contributed by atoms with Crippen molar-refractivity contribution in [3.05, 3.63) is 42.0 Å². The third-order valence-electron chi connectivity index (χ3n) is 1.49. The minimum Gasteiger partial charge on any atom is -0.370 e. The molecule has 0 aromatic heterocycles. The van der Waals surface area contributed by atoms with Gasteiger partial charge >= 0.3 is 0 Å². The van der Waals surface area contributed by atoms with Crippen molar-refractivity contribution in [3.8, 4) is 0 Å². The Morgan fingerprint density at radius 3 is 2.30 bits per heavy atom. The molecule has 0 atom stereocenters. The van der Waals surface area contributed by atoms with Gasteiger partial charge in [-0.05, 0) is 12.5 Å². The highest BCUT2D eigenvalue weighted by Gasteiger charge is 2.01. The Morgan fingerprint density at radius 1 is 1.20 bits per heavy atom. The second kappa shape index (κ2) is 3.37. The maximum atomic E-state index is 5.05. The van der Waals surface area contributed by atoms with Crippen LogP contribution in [0.5, 0.6) is 0 Å². The van der Waals surface area contributed by atoms with Gasteiger partial charge in [0.2, 0.25) is 0 Å². The van der Waals surface area contributed by atoms with Crippen molar-refractivity contribution < 1.29 is 4.74 Å². The number of benzene rings is 1. The van der Waals surface area contributed by atoms with Crippen LogP contribution in [0.25, 0.3) is 0 Å². The third kappa shape index (κ3) is 1.58. The summed E-state index contributed by atoms with van der Waals surface area (Å²) in [6, 6.07) is 10.0. The summed E-state index contributed by atoms with van der Waals surface area (Å²) in [5, 5.41) is 0. The second-order valence-electron chi connectivity index (χ2n) is 2.13. The Morgan fingerprint density at radius 2 is 1.80 bits per heavy atom. The first-order chi connectivity index (χ1) is 4.84. The molecule has 1 rings (SSSR count). The highest BCUT2D eigenvalue weighted by atomic mass is 16.5. The Kier molecular flexibility index (Phi) is 2.46. The van der Waals surface area contributed by atoms with E-state index in [1.54, 1.807) is 7.11 Å². The molecular weight excluding hydrogens is 124 g/mol. The quantitative estimate of drug-likeness (QED) is 0.604. The molecule has 0 unspecified atom stereocenters. The highest BCUT2D eigenvalue weighted by Crippen LogP contribution is 2.12. The first kappa shape index (κ1) is 7.29. The zero-order chi connectivity index (χ0) is 7.40. The molecule has 0 fully saturated rings. The lowest BCUT2D eigenvalue weighted by atomic mass is 10.1. The lowest BCUT2D eigenvalue weighted by molar-refractivity contribution is 0.236. The van der Waals surface area contributed by atoms with Gasteiger partial charge in [-0.2, -0.15) is 0 Å². The van der Waals surface area contributed by atoms with Gasteiger partial charge in [-0.15, -0.1) is 0 Å². The molecule has 0 N–H and O–H groups in total. The first-order valence-corrected chi connectivity index (χ1v) is 3.27. The minimum absolute atomic E-state index is 0.959. The van der Waals surface area contributed by atoms with Gasteiger partial charge < -0.3 is 4.74 Å². The van der Waals surface area contributed by atoms with E-state index in [1.165, 1.54) is 0 Å². The number of ether oxygens (including phenoxy) is 1. The van der Waals surface area contributed by atoms with E-state index >= 15 is 0 Å². The Balaban J connectivity index is 2.75. The van der Waals surface area contributed by atoms with Crippen LogP contribution < -0.4 is 0 Å². The summed E-state index contributed by atoms with van der Waals surface area (Å²) in [5.74, 6) is 0. The molecule has 0 heterocycles. The SMILES string of the molecule is CO[C](C)c1ccccc1. The average Bonchev–Trinajstić information content (AvgIpc) is 2.05.